The molecule has 0 amide bonds. The highest BCUT2D eigenvalue weighted by molar-refractivity contribution is 4.78. The van der Waals surface area contributed by atoms with E-state index in [1.54, 1.807) is 0 Å². The van der Waals surface area contributed by atoms with Crippen LogP contribution in [0, 0.1) is 0 Å². The second-order valence-corrected chi connectivity index (χ2v) is 4.75. The predicted molar refractivity (Wildman–Crippen MR) is 59.6 cm³/mol. The zero-order valence-corrected chi connectivity index (χ0v) is 9.34. The maximum atomic E-state index is 3.62. The number of likely N-dealkylation sites (N-methyl/N-ethyl adjacent to an activating group) is 1. The fourth-order valence-corrected chi connectivity index (χ4v) is 2.42. The van der Waals surface area contributed by atoms with E-state index in [1.807, 2.05) is 0 Å². The van der Waals surface area contributed by atoms with Crippen molar-refractivity contribution in [1.29, 1.82) is 0 Å². The van der Waals surface area contributed by atoms with E-state index in [9.17, 15) is 0 Å². The third-order valence-electron chi connectivity index (χ3n) is 3.49. The molecule has 14 heavy (non-hydrogen) atoms. The van der Waals surface area contributed by atoms with E-state index >= 15 is 0 Å². The maximum absolute atomic E-state index is 3.62. The molecule has 0 aromatic carbocycles. The molecule has 0 radical (unpaired) electrons. The lowest BCUT2D eigenvalue weighted by atomic mass is 10.0. The van der Waals surface area contributed by atoms with Gasteiger partial charge in [-0.25, -0.2) is 0 Å². The van der Waals surface area contributed by atoms with Gasteiger partial charge in [0.05, 0.1) is 0 Å². The zero-order chi connectivity index (χ0) is 9.80. The van der Waals surface area contributed by atoms with Crippen LogP contribution in [-0.4, -0.2) is 62.2 Å². The molecular weight excluding hydrogens is 174 g/mol. The topological polar surface area (TPSA) is 18.5 Å². The Bertz CT molecular complexity index is 158. The normalized spacial score (nSPS) is 31.9. The highest BCUT2D eigenvalue weighted by atomic mass is 15.3. The Morgan fingerprint density at radius 1 is 1.14 bits per heavy atom. The summed E-state index contributed by atoms with van der Waals surface area (Å²) in [4.78, 5) is 5.04. The smallest absolute Gasteiger partial charge is 0.0195 e. The number of piperazine rings is 1. The third kappa shape index (κ3) is 2.94. The van der Waals surface area contributed by atoms with Crippen LogP contribution in [0.15, 0.2) is 0 Å². The van der Waals surface area contributed by atoms with Gasteiger partial charge in [-0.2, -0.15) is 0 Å². The molecule has 2 aliphatic rings. The zero-order valence-electron chi connectivity index (χ0n) is 9.34. The minimum Gasteiger partial charge on any atom is -0.313 e. The molecule has 2 aliphatic heterocycles. The van der Waals surface area contributed by atoms with E-state index in [-0.39, 0.29) is 0 Å². The molecule has 0 spiro atoms. The first kappa shape index (κ1) is 10.4. The Labute approximate surface area is 87.4 Å². The Morgan fingerprint density at radius 2 is 1.93 bits per heavy atom. The van der Waals surface area contributed by atoms with Crippen LogP contribution in [0.2, 0.25) is 0 Å². The van der Waals surface area contributed by atoms with Crippen LogP contribution in [0.3, 0.4) is 0 Å². The van der Waals surface area contributed by atoms with E-state index in [2.05, 4.69) is 22.2 Å². The summed E-state index contributed by atoms with van der Waals surface area (Å²) in [5.74, 6) is 0. The van der Waals surface area contributed by atoms with E-state index in [1.165, 1.54) is 58.5 Å². The monoisotopic (exact) mass is 197 g/mol. The van der Waals surface area contributed by atoms with Crippen molar-refractivity contribution in [2.75, 3.05) is 46.3 Å². The van der Waals surface area contributed by atoms with Gasteiger partial charge in [-0.05, 0) is 26.4 Å². The average molecular weight is 197 g/mol. The molecule has 0 aliphatic carbocycles. The first-order chi connectivity index (χ1) is 6.84. The molecule has 0 unspecified atom stereocenters. The number of piperidine rings is 1. The number of rotatable bonds is 2. The Kier molecular flexibility index (Phi) is 3.79. The molecule has 0 saturated carbocycles. The van der Waals surface area contributed by atoms with Gasteiger partial charge in [-0.15, -0.1) is 0 Å². The van der Waals surface area contributed by atoms with Crippen LogP contribution in [0.1, 0.15) is 19.3 Å². The lowest BCUT2D eigenvalue weighted by Gasteiger charge is -2.36. The van der Waals surface area contributed by atoms with E-state index in [0.29, 0.717) is 0 Å². The summed E-state index contributed by atoms with van der Waals surface area (Å²) in [7, 11) is 2.22. The highest BCUT2D eigenvalue weighted by Gasteiger charge is 2.19. The van der Waals surface area contributed by atoms with Crippen LogP contribution in [0.4, 0.5) is 0 Å². The van der Waals surface area contributed by atoms with Gasteiger partial charge in [0.1, 0.15) is 0 Å². The quantitative estimate of drug-likeness (QED) is 0.690. The molecule has 3 heteroatoms. The second-order valence-electron chi connectivity index (χ2n) is 4.75. The first-order valence-electron chi connectivity index (χ1n) is 5.99. The minimum atomic E-state index is 0.771. The van der Waals surface area contributed by atoms with Crippen molar-refractivity contribution < 1.29 is 0 Å². The van der Waals surface area contributed by atoms with Crippen molar-refractivity contribution in [2.24, 2.45) is 0 Å². The van der Waals surface area contributed by atoms with E-state index < -0.39 is 0 Å². The third-order valence-corrected chi connectivity index (χ3v) is 3.49. The molecule has 0 bridgehead atoms. The standard InChI is InChI=1S/C11H23N3/c1-13-6-8-14(9-7-13)10-11-4-2-3-5-12-11/h11-12H,2-10H2,1H3/t11-/m1/s1. The molecule has 2 saturated heterocycles. The van der Waals surface area contributed by atoms with Gasteiger partial charge in [0, 0.05) is 38.8 Å². The SMILES string of the molecule is CN1CCN(C[C@H]2CCCCN2)CC1. The summed E-state index contributed by atoms with van der Waals surface area (Å²) < 4.78 is 0. The van der Waals surface area contributed by atoms with E-state index in [4.69, 9.17) is 0 Å². The Balaban J connectivity index is 1.68. The number of hydrogen-bond acceptors (Lipinski definition) is 3. The molecule has 0 aromatic rings. The van der Waals surface area contributed by atoms with Crippen LogP contribution >= 0.6 is 0 Å². The van der Waals surface area contributed by atoms with Crippen molar-refractivity contribution in [3.05, 3.63) is 0 Å². The summed E-state index contributed by atoms with van der Waals surface area (Å²) in [6, 6.07) is 0.771. The molecule has 2 heterocycles. The number of nitrogens with zero attached hydrogens (tertiary/aromatic N) is 2. The molecule has 0 aromatic heterocycles. The number of hydrogen-bond donors (Lipinski definition) is 1. The van der Waals surface area contributed by atoms with Crippen LogP contribution in [0.25, 0.3) is 0 Å². The minimum absolute atomic E-state index is 0.771. The molecule has 2 fully saturated rings. The first-order valence-corrected chi connectivity index (χ1v) is 5.99. The van der Waals surface area contributed by atoms with Crippen molar-refractivity contribution in [1.82, 2.24) is 15.1 Å². The molecule has 82 valence electrons. The summed E-state index contributed by atoms with van der Waals surface area (Å²) in [5.41, 5.74) is 0. The molecular formula is C11H23N3. The fraction of sp³-hybridized carbons (Fsp3) is 1.00. The van der Waals surface area contributed by atoms with Crippen molar-refractivity contribution in [3.63, 3.8) is 0 Å². The van der Waals surface area contributed by atoms with Gasteiger partial charge in [0.2, 0.25) is 0 Å². The van der Waals surface area contributed by atoms with Crippen LogP contribution in [-0.2, 0) is 0 Å². The molecule has 1 atom stereocenters. The van der Waals surface area contributed by atoms with Crippen molar-refractivity contribution in [2.45, 2.75) is 25.3 Å². The van der Waals surface area contributed by atoms with Crippen molar-refractivity contribution >= 4 is 0 Å². The Hall–Kier alpha value is -0.120. The Morgan fingerprint density at radius 3 is 2.57 bits per heavy atom. The van der Waals surface area contributed by atoms with Crippen LogP contribution in [0.5, 0.6) is 0 Å². The highest BCUT2D eigenvalue weighted by Crippen LogP contribution is 2.09. The molecule has 2 rings (SSSR count). The molecule has 3 nitrogen and oxygen atoms in total. The summed E-state index contributed by atoms with van der Waals surface area (Å²) in [6.45, 7) is 7.51. The van der Waals surface area contributed by atoms with Gasteiger partial charge in [-0.1, -0.05) is 6.42 Å². The fourth-order valence-electron chi connectivity index (χ4n) is 2.42. The summed E-state index contributed by atoms with van der Waals surface area (Å²) in [6.07, 6.45) is 4.18. The maximum Gasteiger partial charge on any atom is 0.0195 e. The lowest BCUT2D eigenvalue weighted by molar-refractivity contribution is 0.137. The molecule has 1 N–H and O–H groups in total. The van der Waals surface area contributed by atoms with Gasteiger partial charge in [0.15, 0.2) is 0 Å². The summed E-state index contributed by atoms with van der Waals surface area (Å²) in [5, 5.41) is 3.62. The van der Waals surface area contributed by atoms with Crippen LogP contribution < -0.4 is 5.32 Å². The largest absolute Gasteiger partial charge is 0.313 e. The average Bonchev–Trinajstić information content (AvgIpc) is 2.23. The second kappa shape index (κ2) is 5.10. The van der Waals surface area contributed by atoms with Gasteiger partial charge >= 0.3 is 0 Å². The van der Waals surface area contributed by atoms with Gasteiger partial charge in [0.25, 0.3) is 0 Å². The summed E-state index contributed by atoms with van der Waals surface area (Å²) >= 11 is 0. The van der Waals surface area contributed by atoms with Crippen molar-refractivity contribution in [3.8, 4) is 0 Å². The predicted octanol–water partition coefficient (Wildman–Crippen LogP) is 0.376. The van der Waals surface area contributed by atoms with Gasteiger partial charge in [-0.3, -0.25) is 4.90 Å². The number of nitrogens with one attached hydrogen (secondary N) is 1. The van der Waals surface area contributed by atoms with Gasteiger partial charge < -0.3 is 10.2 Å². The van der Waals surface area contributed by atoms with E-state index in [0.717, 1.165) is 6.04 Å². The lowest BCUT2D eigenvalue weighted by Crippen LogP contribution is -2.50.